The van der Waals surface area contributed by atoms with Crippen molar-refractivity contribution in [1.29, 1.82) is 0 Å². The summed E-state index contributed by atoms with van der Waals surface area (Å²) in [5.74, 6) is 1.52. The monoisotopic (exact) mass is 386 g/mol. The number of hydrogen-bond donors (Lipinski definition) is 2. The van der Waals surface area contributed by atoms with E-state index in [0.717, 1.165) is 41.1 Å². The molecule has 3 aromatic carbocycles. The Hall–Kier alpha value is -3.24. The van der Waals surface area contributed by atoms with Crippen LogP contribution >= 0.6 is 0 Å². The van der Waals surface area contributed by atoms with Crippen LogP contribution in [-0.2, 0) is 19.6 Å². The zero-order valence-electron chi connectivity index (χ0n) is 16.7. The van der Waals surface area contributed by atoms with Gasteiger partial charge in [-0.05, 0) is 42.8 Å². The SMILES string of the molecule is CNCCc1c[nH]c2cc(OCc3ccccc3)c(OCc3ccccc3)cc12. The van der Waals surface area contributed by atoms with E-state index in [1.807, 2.05) is 49.5 Å². The number of benzene rings is 3. The third kappa shape index (κ3) is 4.79. The molecule has 0 spiro atoms. The molecule has 0 fully saturated rings. The molecule has 4 heteroatoms. The van der Waals surface area contributed by atoms with Gasteiger partial charge in [-0.2, -0.15) is 0 Å². The Morgan fingerprint density at radius 3 is 1.97 bits per heavy atom. The highest BCUT2D eigenvalue weighted by Crippen LogP contribution is 2.35. The molecule has 0 aliphatic heterocycles. The number of likely N-dealkylation sites (N-methyl/N-ethyl adjacent to an activating group) is 1. The predicted molar refractivity (Wildman–Crippen MR) is 117 cm³/mol. The summed E-state index contributed by atoms with van der Waals surface area (Å²) in [5.41, 5.74) is 4.59. The lowest BCUT2D eigenvalue weighted by molar-refractivity contribution is 0.256. The van der Waals surface area contributed by atoms with Gasteiger partial charge in [0.25, 0.3) is 0 Å². The fourth-order valence-corrected chi connectivity index (χ4v) is 3.35. The van der Waals surface area contributed by atoms with Crippen LogP contribution in [0.25, 0.3) is 10.9 Å². The van der Waals surface area contributed by atoms with Gasteiger partial charge in [0.1, 0.15) is 13.2 Å². The molecule has 1 heterocycles. The number of fused-ring (bicyclic) bond motifs is 1. The minimum Gasteiger partial charge on any atom is -0.485 e. The van der Waals surface area contributed by atoms with Crippen LogP contribution < -0.4 is 14.8 Å². The molecule has 29 heavy (non-hydrogen) atoms. The molecule has 0 atom stereocenters. The van der Waals surface area contributed by atoms with Crippen LogP contribution in [0.3, 0.4) is 0 Å². The standard InChI is InChI=1S/C25H26N2O2/c1-26-13-12-21-16-27-23-15-25(29-18-20-10-6-3-7-11-20)24(14-22(21)23)28-17-19-8-4-2-5-9-19/h2-11,14-16,26-27H,12-13,17-18H2,1H3. The van der Waals surface area contributed by atoms with Crippen molar-refractivity contribution in [3.8, 4) is 11.5 Å². The van der Waals surface area contributed by atoms with Gasteiger partial charge in [0, 0.05) is 23.2 Å². The van der Waals surface area contributed by atoms with Crippen LogP contribution in [0.2, 0.25) is 0 Å². The lowest BCUT2D eigenvalue weighted by atomic mass is 10.1. The quantitative estimate of drug-likeness (QED) is 0.421. The second kappa shape index (κ2) is 9.30. The molecule has 0 amide bonds. The Labute approximate surface area is 171 Å². The van der Waals surface area contributed by atoms with Crippen molar-refractivity contribution in [3.05, 3.63) is 95.7 Å². The molecular weight excluding hydrogens is 360 g/mol. The van der Waals surface area contributed by atoms with Gasteiger partial charge in [-0.1, -0.05) is 60.7 Å². The Bertz CT molecular complexity index is 1040. The van der Waals surface area contributed by atoms with Gasteiger partial charge >= 0.3 is 0 Å². The summed E-state index contributed by atoms with van der Waals surface area (Å²) in [6.45, 7) is 1.94. The van der Waals surface area contributed by atoms with Crippen LogP contribution in [0.4, 0.5) is 0 Å². The minimum atomic E-state index is 0.501. The molecule has 1 aromatic heterocycles. The highest BCUT2D eigenvalue weighted by Gasteiger charge is 2.12. The summed E-state index contributed by atoms with van der Waals surface area (Å²) in [4.78, 5) is 3.37. The van der Waals surface area contributed by atoms with Crippen molar-refractivity contribution < 1.29 is 9.47 Å². The number of nitrogens with one attached hydrogen (secondary N) is 2. The van der Waals surface area contributed by atoms with E-state index in [1.54, 1.807) is 0 Å². The van der Waals surface area contributed by atoms with Crippen molar-refractivity contribution >= 4 is 10.9 Å². The molecular formula is C25H26N2O2. The zero-order chi connectivity index (χ0) is 19.9. The minimum absolute atomic E-state index is 0.501. The molecule has 0 bridgehead atoms. The van der Waals surface area contributed by atoms with Gasteiger partial charge in [-0.25, -0.2) is 0 Å². The van der Waals surface area contributed by atoms with Crippen molar-refractivity contribution in [2.75, 3.05) is 13.6 Å². The number of aromatic amines is 1. The van der Waals surface area contributed by atoms with Crippen molar-refractivity contribution in [3.63, 3.8) is 0 Å². The van der Waals surface area contributed by atoms with Gasteiger partial charge in [-0.3, -0.25) is 0 Å². The summed E-state index contributed by atoms with van der Waals surface area (Å²) in [6.07, 6.45) is 3.03. The van der Waals surface area contributed by atoms with E-state index < -0.39 is 0 Å². The number of hydrogen-bond acceptors (Lipinski definition) is 3. The predicted octanol–water partition coefficient (Wildman–Crippen LogP) is 5.09. The van der Waals surface area contributed by atoms with E-state index in [9.17, 15) is 0 Å². The summed E-state index contributed by atoms with van der Waals surface area (Å²) >= 11 is 0. The Morgan fingerprint density at radius 2 is 1.38 bits per heavy atom. The van der Waals surface area contributed by atoms with Gasteiger partial charge in [0.2, 0.25) is 0 Å². The molecule has 4 rings (SSSR count). The van der Waals surface area contributed by atoms with Gasteiger partial charge in [-0.15, -0.1) is 0 Å². The Morgan fingerprint density at radius 1 is 0.793 bits per heavy atom. The molecule has 0 saturated carbocycles. The van der Waals surface area contributed by atoms with E-state index in [2.05, 4.69) is 46.8 Å². The van der Waals surface area contributed by atoms with Crippen LogP contribution in [0.5, 0.6) is 11.5 Å². The average molecular weight is 386 g/mol. The summed E-state index contributed by atoms with van der Waals surface area (Å²) in [7, 11) is 1.97. The molecule has 4 aromatic rings. The topological polar surface area (TPSA) is 46.3 Å². The Kier molecular flexibility index (Phi) is 6.13. The third-order valence-corrected chi connectivity index (χ3v) is 4.95. The van der Waals surface area contributed by atoms with Crippen LogP contribution in [0, 0.1) is 0 Å². The summed E-state index contributed by atoms with van der Waals surface area (Å²) < 4.78 is 12.3. The maximum atomic E-state index is 6.19. The Balaban J connectivity index is 1.61. The van der Waals surface area contributed by atoms with Crippen LogP contribution in [0.15, 0.2) is 79.0 Å². The molecule has 2 N–H and O–H groups in total. The lowest BCUT2D eigenvalue weighted by Gasteiger charge is -2.14. The summed E-state index contributed by atoms with van der Waals surface area (Å²) in [5, 5.41) is 4.39. The second-order valence-corrected chi connectivity index (χ2v) is 7.06. The normalized spacial score (nSPS) is 10.9. The molecule has 4 nitrogen and oxygen atoms in total. The van der Waals surface area contributed by atoms with Gasteiger partial charge in [0.05, 0.1) is 0 Å². The number of rotatable bonds is 9. The first-order valence-corrected chi connectivity index (χ1v) is 9.95. The molecule has 148 valence electrons. The lowest BCUT2D eigenvalue weighted by Crippen LogP contribution is -2.09. The van der Waals surface area contributed by atoms with E-state index in [0.29, 0.717) is 13.2 Å². The van der Waals surface area contributed by atoms with E-state index in [-0.39, 0.29) is 0 Å². The summed E-state index contributed by atoms with van der Waals surface area (Å²) in [6, 6.07) is 24.5. The van der Waals surface area contributed by atoms with Crippen molar-refractivity contribution in [2.24, 2.45) is 0 Å². The van der Waals surface area contributed by atoms with E-state index in [4.69, 9.17) is 9.47 Å². The number of H-pyrrole nitrogens is 1. The first-order chi connectivity index (χ1) is 14.3. The van der Waals surface area contributed by atoms with Crippen LogP contribution in [0.1, 0.15) is 16.7 Å². The van der Waals surface area contributed by atoms with E-state index in [1.165, 1.54) is 10.9 Å². The zero-order valence-corrected chi connectivity index (χ0v) is 16.7. The molecule has 0 saturated heterocycles. The first-order valence-electron chi connectivity index (χ1n) is 9.95. The van der Waals surface area contributed by atoms with Gasteiger partial charge in [0.15, 0.2) is 11.5 Å². The molecule has 0 aliphatic carbocycles. The van der Waals surface area contributed by atoms with Crippen molar-refractivity contribution in [2.45, 2.75) is 19.6 Å². The second-order valence-electron chi connectivity index (χ2n) is 7.06. The largest absolute Gasteiger partial charge is 0.485 e. The van der Waals surface area contributed by atoms with Crippen LogP contribution in [-0.4, -0.2) is 18.6 Å². The smallest absolute Gasteiger partial charge is 0.163 e. The van der Waals surface area contributed by atoms with Gasteiger partial charge < -0.3 is 19.8 Å². The highest BCUT2D eigenvalue weighted by molar-refractivity contribution is 5.86. The fraction of sp³-hybridized carbons (Fsp3) is 0.200. The maximum absolute atomic E-state index is 6.19. The number of aromatic nitrogens is 1. The van der Waals surface area contributed by atoms with Crippen molar-refractivity contribution in [1.82, 2.24) is 10.3 Å². The molecule has 0 unspecified atom stereocenters. The third-order valence-electron chi connectivity index (χ3n) is 4.95. The molecule has 0 radical (unpaired) electrons. The maximum Gasteiger partial charge on any atom is 0.163 e. The first kappa shape index (κ1) is 19.1. The van der Waals surface area contributed by atoms with E-state index >= 15 is 0 Å². The fourth-order valence-electron chi connectivity index (χ4n) is 3.35. The molecule has 0 aliphatic rings. The highest BCUT2D eigenvalue weighted by atomic mass is 16.5. The average Bonchev–Trinajstić information content (AvgIpc) is 3.17. The number of ether oxygens (including phenoxy) is 2.